The molecule has 20 heavy (non-hydrogen) atoms. The van der Waals surface area contributed by atoms with Crippen LogP contribution in [0.3, 0.4) is 0 Å². The second-order valence-electron chi connectivity index (χ2n) is 5.36. The first kappa shape index (κ1) is 14.0. The van der Waals surface area contributed by atoms with Crippen molar-refractivity contribution in [3.05, 3.63) is 34.9 Å². The van der Waals surface area contributed by atoms with E-state index in [1.807, 2.05) is 18.2 Å². The van der Waals surface area contributed by atoms with Crippen LogP contribution in [-0.2, 0) is 9.53 Å². The van der Waals surface area contributed by atoms with E-state index in [9.17, 15) is 4.79 Å². The molecule has 0 spiro atoms. The molecule has 0 aromatic heterocycles. The van der Waals surface area contributed by atoms with Gasteiger partial charge in [0.05, 0.1) is 12.6 Å². The van der Waals surface area contributed by atoms with Gasteiger partial charge in [0, 0.05) is 11.1 Å². The molecule has 1 aromatic rings. The van der Waals surface area contributed by atoms with Gasteiger partial charge in [0.25, 0.3) is 0 Å². The van der Waals surface area contributed by atoms with Crippen LogP contribution in [0.15, 0.2) is 24.3 Å². The number of hydrogen-bond donors (Lipinski definition) is 1. The van der Waals surface area contributed by atoms with E-state index in [1.165, 1.54) is 0 Å². The third-order valence-corrected chi connectivity index (χ3v) is 4.39. The van der Waals surface area contributed by atoms with Gasteiger partial charge < -0.3 is 10.1 Å². The summed E-state index contributed by atoms with van der Waals surface area (Å²) in [6.07, 6.45) is 2.57. The molecule has 2 atom stereocenters. The van der Waals surface area contributed by atoms with Crippen LogP contribution in [0.2, 0.25) is 5.02 Å². The first-order chi connectivity index (χ1) is 9.79. The molecule has 0 radical (unpaired) electrons. The second kappa shape index (κ2) is 6.22. The van der Waals surface area contributed by atoms with Gasteiger partial charge in [-0.2, -0.15) is 0 Å². The Balaban J connectivity index is 1.86. The Hall–Kier alpha value is -0.940. The Morgan fingerprint density at radius 2 is 2.15 bits per heavy atom. The summed E-state index contributed by atoms with van der Waals surface area (Å²) in [5.41, 5.74) is 1.13. The van der Waals surface area contributed by atoms with E-state index >= 15 is 0 Å². The molecule has 108 valence electrons. The summed E-state index contributed by atoms with van der Waals surface area (Å²) in [5.74, 6) is 0. The lowest BCUT2D eigenvalue weighted by molar-refractivity contribution is -0.123. The summed E-state index contributed by atoms with van der Waals surface area (Å²) >= 11 is 6.09. The molecule has 1 N–H and O–H groups in total. The van der Waals surface area contributed by atoms with Crippen LogP contribution in [-0.4, -0.2) is 43.2 Å². The fraction of sp³-hybridized carbons (Fsp3) is 0.533. The first-order valence-electron chi connectivity index (χ1n) is 7.10. The fourth-order valence-electron chi connectivity index (χ4n) is 3.20. The minimum Gasteiger partial charge on any atom is -0.354 e. The Bertz CT molecular complexity index is 477. The van der Waals surface area contributed by atoms with Crippen LogP contribution in [0.1, 0.15) is 24.4 Å². The Morgan fingerprint density at radius 1 is 1.35 bits per heavy atom. The molecule has 0 amide bonds. The molecule has 4 nitrogen and oxygen atoms in total. The summed E-state index contributed by atoms with van der Waals surface area (Å²) < 4.78 is 5.67. The van der Waals surface area contributed by atoms with E-state index < -0.39 is 6.23 Å². The SMILES string of the molecule is O=CC1OCC(c2cccc(Cl)c2)N1C1CCNCC1. The predicted molar refractivity (Wildman–Crippen MR) is 77.7 cm³/mol. The molecule has 5 heteroatoms. The number of hydrogen-bond acceptors (Lipinski definition) is 4. The molecule has 2 fully saturated rings. The number of nitrogens with zero attached hydrogens (tertiary/aromatic N) is 1. The lowest BCUT2D eigenvalue weighted by Crippen LogP contribution is -2.47. The van der Waals surface area contributed by atoms with Crippen molar-refractivity contribution in [1.82, 2.24) is 10.2 Å². The van der Waals surface area contributed by atoms with Gasteiger partial charge in [-0.15, -0.1) is 0 Å². The molecule has 0 aliphatic carbocycles. The highest BCUT2D eigenvalue weighted by molar-refractivity contribution is 6.30. The van der Waals surface area contributed by atoms with E-state index in [2.05, 4.69) is 16.3 Å². The molecule has 0 bridgehead atoms. The van der Waals surface area contributed by atoms with Crippen molar-refractivity contribution in [1.29, 1.82) is 0 Å². The number of benzene rings is 1. The van der Waals surface area contributed by atoms with Crippen LogP contribution in [0.5, 0.6) is 0 Å². The van der Waals surface area contributed by atoms with E-state index in [0.717, 1.165) is 42.8 Å². The van der Waals surface area contributed by atoms with Gasteiger partial charge in [-0.3, -0.25) is 9.69 Å². The second-order valence-corrected chi connectivity index (χ2v) is 5.80. The highest BCUT2D eigenvalue weighted by Crippen LogP contribution is 2.34. The number of carbonyl (C=O) groups is 1. The highest BCUT2D eigenvalue weighted by Gasteiger charge is 2.40. The smallest absolute Gasteiger partial charge is 0.167 e. The summed E-state index contributed by atoms with van der Waals surface area (Å²) in [6, 6.07) is 8.35. The van der Waals surface area contributed by atoms with Gasteiger partial charge >= 0.3 is 0 Å². The average Bonchev–Trinajstić information content (AvgIpc) is 2.92. The number of nitrogens with one attached hydrogen (secondary N) is 1. The van der Waals surface area contributed by atoms with Crippen LogP contribution in [0.4, 0.5) is 0 Å². The maximum atomic E-state index is 11.3. The zero-order valence-electron chi connectivity index (χ0n) is 11.3. The molecule has 2 unspecified atom stereocenters. The van der Waals surface area contributed by atoms with Crippen LogP contribution >= 0.6 is 11.6 Å². The van der Waals surface area contributed by atoms with E-state index in [0.29, 0.717) is 12.6 Å². The highest BCUT2D eigenvalue weighted by atomic mass is 35.5. The van der Waals surface area contributed by atoms with Gasteiger partial charge in [0.2, 0.25) is 0 Å². The zero-order chi connectivity index (χ0) is 13.9. The van der Waals surface area contributed by atoms with Crippen molar-refractivity contribution < 1.29 is 9.53 Å². The topological polar surface area (TPSA) is 41.6 Å². The van der Waals surface area contributed by atoms with Crippen LogP contribution < -0.4 is 5.32 Å². The van der Waals surface area contributed by atoms with Crippen molar-refractivity contribution in [2.75, 3.05) is 19.7 Å². The fourth-order valence-corrected chi connectivity index (χ4v) is 3.40. The molecule has 2 saturated heterocycles. The quantitative estimate of drug-likeness (QED) is 0.866. The monoisotopic (exact) mass is 294 g/mol. The van der Waals surface area contributed by atoms with Crippen molar-refractivity contribution in [2.45, 2.75) is 31.2 Å². The number of carbonyl (C=O) groups excluding carboxylic acids is 1. The summed E-state index contributed by atoms with van der Waals surface area (Å²) in [5, 5.41) is 4.08. The lowest BCUT2D eigenvalue weighted by atomic mass is 9.99. The van der Waals surface area contributed by atoms with E-state index in [-0.39, 0.29) is 6.04 Å². The summed E-state index contributed by atoms with van der Waals surface area (Å²) in [7, 11) is 0. The van der Waals surface area contributed by atoms with Gasteiger partial charge in [-0.1, -0.05) is 23.7 Å². The normalized spacial score (nSPS) is 28.6. The van der Waals surface area contributed by atoms with Crippen LogP contribution in [0, 0.1) is 0 Å². The predicted octanol–water partition coefficient (Wildman–Crippen LogP) is 1.99. The zero-order valence-corrected chi connectivity index (χ0v) is 12.1. The average molecular weight is 295 g/mol. The number of piperidine rings is 1. The van der Waals surface area contributed by atoms with Gasteiger partial charge in [0.15, 0.2) is 12.5 Å². The lowest BCUT2D eigenvalue weighted by Gasteiger charge is -2.36. The molecule has 1 aromatic carbocycles. The molecular weight excluding hydrogens is 276 g/mol. The number of ether oxygens (including phenoxy) is 1. The van der Waals surface area contributed by atoms with Crippen LogP contribution in [0.25, 0.3) is 0 Å². The van der Waals surface area contributed by atoms with Crippen molar-refractivity contribution in [3.8, 4) is 0 Å². The molecule has 3 rings (SSSR count). The third-order valence-electron chi connectivity index (χ3n) is 4.16. The van der Waals surface area contributed by atoms with Gasteiger partial charge in [-0.05, 0) is 43.6 Å². The molecule has 0 saturated carbocycles. The van der Waals surface area contributed by atoms with Gasteiger partial charge in [-0.25, -0.2) is 0 Å². The van der Waals surface area contributed by atoms with Crippen molar-refractivity contribution in [3.63, 3.8) is 0 Å². The van der Waals surface area contributed by atoms with E-state index in [4.69, 9.17) is 16.3 Å². The number of rotatable bonds is 3. The summed E-state index contributed by atoms with van der Waals surface area (Å²) in [4.78, 5) is 13.5. The number of aldehydes is 1. The maximum absolute atomic E-state index is 11.3. The molecular formula is C15H19ClN2O2. The van der Waals surface area contributed by atoms with E-state index in [1.54, 1.807) is 0 Å². The standard InChI is InChI=1S/C15H19ClN2O2/c16-12-3-1-2-11(8-12)14-10-20-15(9-19)18(14)13-4-6-17-7-5-13/h1-3,8-9,13-15,17H,4-7,10H2. The minimum atomic E-state index is -0.429. The maximum Gasteiger partial charge on any atom is 0.167 e. The Kier molecular flexibility index (Phi) is 4.36. The molecule has 2 aliphatic heterocycles. The van der Waals surface area contributed by atoms with Gasteiger partial charge in [0.1, 0.15) is 0 Å². The molecule has 2 heterocycles. The molecule has 2 aliphatic rings. The van der Waals surface area contributed by atoms with Crippen molar-refractivity contribution in [2.24, 2.45) is 0 Å². The summed E-state index contributed by atoms with van der Waals surface area (Å²) in [6.45, 7) is 2.54. The Labute approximate surface area is 124 Å². The minimum absolute atomic E-state index is 0.118. The number of halogens is 1. The van der Waals surface area contributed by atoms with Crippen molar-refractivity contribution >= 4 is 17.9 Å². The first-order valence-corrected chi connectivity index (χ1v) is 7.48. The largest absolute Gasteiger partial charge is 0.354 e. The Morgan fingerprint density at radius 3 is 2.85 bits per heavy atom. The third kappa shape index (κ3) is 2.74.